The van der Waals surface area contributed by atoms with Crippen molar-refractivity contribution in [3.8, 4) is 0 Å². The first kappa shape index (κ1) is 7.65. The number of carbonyl (C=O) groups excluding carboxylic acids is 1. The molecule has 0 bridgehead atoms. The van der Waals surface area contributed by atoms with Crippen molar-refractivity contribution in [3.05, 3.63) is 24.1 Å². The molecule has 0 atom stereocenters. The average molecular weight is 154 g/mol. The van der Waals surface area contributed by atoms with Gasteiger partial charge in [0.1, 0.15) is 11.6 Å². The molecule has 0 saturated carbocycles. The first-order chi connectivity index (χ1) is 5.18. The number of nitrogens with one attached hydrogen (secondary N) is 1. The zero-order chi connectivity index (χ0) is 8.27. The van der Waals surface area contributed by atoms with Gasteiger partial charge in [-0.2, -0.15) is 0 Å². The highest BCUT2D eigenvalue weighted by Crippen LogP contribution is 2.02. The van der Waals surface area contributed by atoms with Crippen LogP contribution < -0.4 is 5.32 Å². The quantitative estimate of drug-likeness (QED) is 0.659. The Morgan fingerprint density at radius 1 is 1.64 bits per heavy atom. The van der Waals surface area contributed by atoms with Crippen LogP contribution in [0.2, 0.25) is 0 Å². The minimum atomic E-state index is -0.417. The Morgan fingerprint density at radius 3 is 2.82 bits per heavy atom. The van der Waals surface area contributed by atoms with Gasteiger partial charge in [0.15, 0.2) is 0 Å². The molecule has 0 radical (unpaired) electrons. The fraction of sp³-hybridized carbons (Fsp3) is 0.143. The minimum absolute atomic E-state index is 0.218. The van der Waals surface area contributed by atoms with E-state index >= 15 is 0 Å². The van der Waals surface area contributed by atoms with E-state index in [0.717, 1.165) is 6.20 Å². The topological polar surface area (TPSA) is 42.0 Å². The second-order valence-corrected chi connectivity index (χ2v) is 2.04. The summed E-state index contributed by atoms with van der Waals surface area (Å²) in [4.78, 5) is 14.1. The number of anilines is 1. The minimum Gasteiger partial charge on any atom is -0.311 e. The standard InChI is InChI=1S/C7H7FN2O/c1-5(11)10-7-3-2-6(8)4-9-7/h2-4H,1H3,(H,9,10,11). The summed E-state index contributed by atoms with van der Waals surface area (Å²) in [7, 11) is 0. The lowest BCUT2D eigenvalue weighted by molar-refractivity contribution is -0.114. The molecule has 1 aromatic rings. The third-order valence-corrected chi connectivity index (χ3v) is 1.03. The van der Waals surface area contributed by atoms with Gasteiger partial charge in [0.2, 0.25) is 5.91 Å². The van der Waals surface area contributed by atoms with Gasteiger partial charge in [0.05, 0.1) is 6.20 Å². The summed E-state index contributed by atoms with van der Waals surface area (Å²) < 4.78 is 12.2. The Kier molecular flexibility index (Phi) is 2.15. The van der Waals surface area contributed by atoms with Gasteiger partial charge >= 0.3 is 0 Å². The first-order valence-corrected chi connectivity index (χ1v) is 3.07. The van der Waals surface area contributed by atoms with Crippen molar-refractivity contribution in [2.75, 3.05) is 5.32 Å². The number of rotatable bonds is 1. The van der Waals surface area contributed by atoms with Crippen molar-refractivity contribution >= 4 is 11.7 Å². The van der Waals surface area contributed by atoms with Gasteiger partial charge in [-0.3, -0.25) is 4.79 Å². The molecule has 1 aromatic heterocycles. The molecule has 58 valence electrons. The van der Waals surface area contributed by atoms with Gasteiger partial charge in [-0.15, -0.1) is 0 Å². The van der Waals surface area contributed by atoms with E-state index in [-0.39, 0.29) is 5.91 Å². The molecule has 3 nitrogen and oxygen atoms in total. The van der Waals surface area contributed by atoms with Crippen LogP contribution in [0.25, 0.3) is 0 Å². The number of pyridine rings is 1. The van der Waals surface area contributed by atoms with Crippen molar-refractivity contribution in [2.24, 2.45) is 0 Å². The molecular weight excluding hydrogens is 147 g/mol. The summed E-state index contributed by atoms with van der Waals surface area (Å²) in [5, 5.41) is 2.42. The summed E-state index contributed by atoms with van der Waals surface area (Å²) in [6.07, 6.45) is 1.05. The second kappa shape index (κ2) is 3.09. The van der Waals surface area contributed by atoms with Crippen LogP contribution >= 0.6 is 0 Å². The number of carbonyl (C=O) groups is 1. The predicted molar refractivity (Wildman–Crippen MR) is 38.5 cm³/mol. The Labute approximate surface area is 63.3 Å². The van der Waals surface area contributed by atoms with Gasteiger partial charge in [0.25, 0.3) is 0 Å². The number of nitrogens with zero attached hydrogens (tertiary/aromatic N) is 1. The smallest absolute Gasteiger partial charge is 0.222 e. The SMILES string of the molecule is CC(=O)Nc1ccc(F)cn1. The summed E-state index contributed by atoms with van der Waals surface area (Å²) >= 11 is 0. The molecule has 11 heavy (non-hydrogen) atoms. The Balaban J connectivity index is 2.74. The van der Waals surface area contributed by atoms with Crippen molar-refractivity contribution in [1.82, 2.24) is 4.98 Å². The molecule has 0 aliphatic heterocycles. The molecule has 4 heteroatoms. The lowest BCUT2D eigenvalue weighted by atomic mass is 10.4. The lowest BCUT2D eigenvalue weighted by Gasteiger charge is -1.98. The number of amides is 1. The van der Waals surface area contributed by atoms with Gasteiger partial charge in [-0.25, -0.2) is 9.37 Å². The molecule has 0 aliphatic rings. The van der Waals surface area contributed by atoms with E-state index in [0.29, 0.717) is 5.82 Å². The third kappa shape index (κ3) is 2.33. The average Bonchev–Trinajstić information content (AvgIpc) is 1.93. The zero-order valence-corrected chi connectivity index (χ0v) is 5.97. The molecule has 0 aliphatic carbocycles. The fourth-order valence-electron chi connectivity index (χ4n) is 0.630. The molecule has 0 unspecified atom stereocenters. The lowest BCUT2D eigenvalue weighted by Crippen LogP contribution is -2.06. The van der Waals surface area contributed by atoms with E-state index < -0.39 is 5.82 Å². The monoisotopic (exact) mass is 154 g/mol. The maximum absolute atomic E-state index is 12.2. The summed E-state index contributed by atoms with van der Waals surface area (Å²) in [6, 6.07) is 2.63. The number of hydrogen-bond acceptors (Lipinski definition) is 2. The maximum Gasteiger partial charge on any atom is 0.222 e. The van der Waals surface area contributed by atoms with Crippen LogP contribution in [0.1, 0.15) is 6.92 Å². The van der Waals surface area contributed by atoms with Crippen molar-refractivity contribution in [2.45, 2.75) is 6.92 Å². The third-order valence-electron chi connectivity index (χ3n) is 1.03. The first-order valence-electron chi connectivity index (χ1n) is 3.07. The highest BCUT2D eigenvalue weighted by Gasteiger charge is 1.95. The van der Waals surface area contributed by atoms with Gasteiger partial charge < -0.3 is 5.32 Å². The van der Waals surface area contributed by atoms with Crippen LogP contribution in [0, 0.1) is 5.82 Å². The Morgan fingerprint density at radius 2 is 2.36 bits per heavy atom. The number of hydrogen-bond donors (Lipinski definition) is 1. The Hall–Kier alpha value is -1.45. The normalized spacial score (nSPS) is 9.27. The zero-order valence-electron chi connectivity index (χ0n) is 5.97. The van der Waals surface area contributed by atoms with Crippen LogP contribution in [-0.4, -0.2) is 10.9 Å². The van der Waals surface area contributed by atoms with Crippen LogP contribution in [0.15, 0.2) is 18.3 Å². The van der Waals surface area contributed by atoms with E-state index in [9.17, 15) is 9.18 Å². The highest BCUT2D eigenvalue weighted by atomic mass is 19.1. The highest BCUT2D eigenvalue weighted by molar-refractivity contribution is 5.87. The molecule has 0 fully saturated rings. The van der Waals surface area contributed by atoms with E-state index in [1.54, 1.807) is 0 Å². The molecule has 1 rings (SSSR count). The van der Waals surface area contributed by atoms with E-state index in [1.165, 1.54) is 19.1 Å². The van der Waals surface area contributed by atoms with Crippen LogP contribution in [-0.2, 0) is 4.79 Å². The van der Waals surface area contributed by atoms with E-state index in [4.69, 9.17) is 0 Å². The van der Waals surface area contributed by atoms with Gasteiger partial charge in [0, 0.05) is 6.92 Å². The molecule has 0 spiro atoms. The molecular formula is C7H7FN2O. The molecule has 0 saturated heterocycles. The van der Waals surface area contributed by atoms with Crippen molar-refractivity contribution < 1.29 is 9.18 Å². The van der Waals surface area contributed by atoms with Crippen molar-refractivity contribution in [1.29, 1.82) is 0 Å². The fourth-order valence-corrected chi connectivity index (χ4v) is 0.630. The summed E-state index contributed by atoms with van der Waals surface area (Å²) in [5.74, 6) is -0.276. The summed E-state index contributed by atoms with van der Waals surface area (Å²) in [6.45, 7) is 1.37. The maximum atomic E-state index is 12.2. The second-order valence-electron chi connectivity index (χ2n) is 2.04. The van der Waals surface area contributed by atoms with Crippen LogP contribution in [0.3, 0.4) is 0 Å². The van der Waals surface area contributed by atoms with Gasteiger partial charge in [-0.1, -0.05) is 0 Å². The predicted octanol–water partition coefficient (Wildman–Crippen LogP) is 1.18. The number of halogens is 1. The van der Waals surface area contributed by atoms with E-state index in [2.05, 4.69) is 10.3 Å². The molecule has 1 heterocycles. The van der Waals surface area contributed by atoms with Crippen LogP contribution in [0.4, 0.5) is 10.2 Å². The molecule has 0 aromatic carbocycles. The Bertz CT molecular complexity index is 258. The van der Waals surface area contributed by atoms with Crippen molar-refractivity contribution in [3.63, 3.8) is 0 Å². The summed E-state index contributed by atoms with van der Waals surface area (Å²) in [5.41, 5.74) is 0. The van der Waals surface area contributed by atoms with Crippen LogP contribution in [0.5, 0.6) is 0 Å². The molecule has 1 amide bonds. The van der Waals surface area contributed by atoms with E-state index in [1.807, 2.05) is 0 Å². The van der Waals surface area contributed by atoms with Gasteiger partial charge in [-0.05, 0) is 12.1 Å². The number of aromatic nitrogens is 1. The molecule has 1 N–H and O–H groups in total. The largest absolute Gasteiger partial charge is 0.311 e.